The lowest BCUT2D eigenvalue weighted by atomic mass is 9.78. The van der Waals surface area contributed by atoms with E-state index in [2.05, 4.69) is 33.6 Å². The molecule has 2 aromatic carbocycles. The number of hydrogen-bond donors (Lipinski definition) is 3. The molecule has 40 heavy (non-hydrogen) atoms. The average molecular weight is 557 g/mol. The number of carboxylic acid groups (broad SMARTS) is 1. The lowest BCUT2D eigenvalue weighted by molar-refractivity contribution is -0.142. The molecular weight excluding hydrogens is 520 g/mol. The van der Waals surface area contributed by atoms with E-state index in [1.54, 1.807) is 0 Å². The Morgan fingerprint density at radius 1 is 0.700 bits per heavy atom. The van der Waals surface area contributed by atoms with Gasteiger partial charge in [-0.15, -0.1) is 0 Å². The van der Waals surface area contributed by atoms with E-state index in [0.717, 1.165) is 29.4 Å². The van der Waals surface area contributed by atoms with Crippen molar-refractivity contribution < 1.29 is 48.7 Å². The van der Waals surface area contributed by atoms with Crippen LogP contribution < -0.4 is 9.47 Å². The summed E-state index contributed by atoms with van der Waals surface area (Å²) in [6, 6.07) is 15.1. The van der Waals surface area contributed by atoms with E-state index in [1.165, 1.54) is 0 Å². The molecule has 0 aliphatic rings. The van der Waals surface area contributed by atoms with Gasteiger partial charge in [0, 0.05) is 23.6 Å². The molecule has 0 saturated carbocycles. The lowest BCUT2D eigenvalue weighted by Gasteiger charge is -2.26. The Bertz CT molecular complexity index is 1040. The Hall–Kier alpha value is -4.41. The van der Waals surface area contributed by atoms with Gasteiger partial charge in [-0.1, -0.05) is 57.8 Å². The average Bonchev–Trinajstić information content (AvgIpc) is 2.96. The standard InChI is InChI=1S/C27H32O8.C3H4O2/c1-5-25(30)34-17-21(28)15-32-23-11-7-19(8-12-23)27(3,4)20-9-13-24(14-10-20)33-16-22(29)18-35-26(31)6-2;1-2-3(4)5/h5-14,21-22,28-29H,1-2,15-18H2,3-4H3;2H,1H2,(H,4,5). The van der Waals surface area contributed by atoms with Gasteiger partial charge in [-0.25, -0.2) is 14.4 Å². The molecular formula is C30H36O10. The molecule has 10 nitrogen and oxygen atoms in total. The van der Waals surface area contributed by atoms with Crippen molar-refractivity contribution in [1.82, 2.24) is 0 Å². The van der Waals surface area contributed by atoms with Crippen LogP contribution in [0.25, 0.3) is 0 Å². The summed E-state index contributed by atoms with van der Waals surface area (Å²) in [5.74, 6) is -1.01. The Morgan fingerprint density at radius 2 is 1.02 bits per heavy atom. The molecule has 0 amide bonds. The monoisotopic (exact) mass is 556 g/mol. The van der Waals surface area contributed by atoms with Crippen molar-refractivity contribution in [3.8, 4) is 11.5 Å². The van der Waals surface area contributed by atoms with Gasteiger partial charge in [0.05, 0.1) is 0 Å². The summed E-state index contributed by atoms with van der Waals surface area (Å²) in [6.45, 7) is 13.4. The topological polar surface area (TPSA) is 149 Å². The van der Waals surface area contributed by atoms with Crippen LogP contribution in [0.5, 0.6) is 11.5 Å². The number of ether oxygens (including phenoxy) is 4. The highest BCUT2D eigenvalue weighted by Gasteiger charge is 2.23. The summed E-state index contributed by atoms with van der Waals surface area (Å²) in [4.78, 5) is 31.3. The maximum absolute atomic E-state index is 11.0. The zero-order chi connectivity index (χ0) is 30.1. The number of aliphatic hydroxyl groups excluding tert-OH is 2. The number of esters is 2. The number of rotatable bonds is 15. The number of carbonyl (C=O) groups is 3. The molecule has 0 spiro atoms. The number of carbonyl (C=O) groups excluding carboxylic acids is 2. The first kappa shape index (κ1) is 33.6. The number of aliphatic hydroxyl groups is 2. The van der Waals surface area contributed by atoms with Crippen LogP contribution in [-0.2, 0) is 29.3 Å². The van der Waals surface area contributed by atoms with Gasteiger partial charge in [0.2, 0.25) is 0 Å². The number of carboxylic acids is 1. The zero-order valence-electron chi connectivity index (χ0n) is 22.7. The van der Waals surface area contributed by atoms with E-state index in [0.29, 0.717) is 11.5 Å². The van der Waals surface area contributed by atoms with Gasteiger partial charge in [0.25, 0.3) is 0 Å². The van der Waals surface area contributed by atoms with Crippen LogP contribution >= 0.6 is 0 Å². The minimum absolute atomic E-state index is 0.0139. The van der Waals surface area contributed by atoms with Crippen molar-refractivity contribution in [1.29, 1.82) is 0 Å². The molecule has 10 heteroatoms. The molecule has 2 rings (SSSR count). The Kier molecular flexibility index (Phi) is 14.5. The third-order valence-electron chi connectivity index (χ3n) is 5.38. The van der Waals surface area contributed by atoms with Gasteiger partial charge in [0.1, 0.15) is 50.1 Å². The minimum atomic E-state index is -0.981. The summed E-state index contributed by atoms with van der Waals surface area (Å²) < 4.78 is 20.7. The molecule has 0 fully saturated rings. The molecule has 2 aromatic rings. The van der Waals surface area contributed by atoms with Crippen LogP contribution in [0, 0.1) is 0 Å². The molecule has 0 aromatic heterocycles. The molecule has 216 valence electrons. The maximum atomic E-state index is 11.0. The zero-order valence-corrected chi connectivity index (χ0v) is 22.7. The fourth-order valence-corrected chi connectivity index (χ4v) is 3.06. The number of benzene rings is 2. The Morgan fingerprint density at radius 3 is 1.30 bits per heavy atom. The summed E-state index contributed by atoms with van der Waals surface area (Å²) in [5.41, 5.74) is 1.80. The van der Waals surface area contributed by atoms with Gasteiger partial charge in [-0.2, -0.15) is 0 Å². The number of hydrogen-bond acceptors (Lipinski definition) is 9. The highest BCUT2D eigenvalue weighted by atomic mass is 16.6. The summed E-state index contributed by atoms with van der Waals surface area (Å²) in [7, 11) is 0. The largest absolute Gasteiger partial charge is 0.491 e. The highest BCUT2D eigenvalue weighted by Crippen LogP contribution is 2.33. The second-order valence-electron chi connectivity index (χ2n) is 8.81. The van der Waals surface area contributed by atoms with E-state index in [9.17, 15) is 24.6 Å². The van der Waals surface area contributed by atoms with E-state index < -0.39 is 30.1 Å². The summed E-state index contributed by atoms with van der Waals surface area (Å²) in [5, 5.41) is 27.3. The fraction of sp³-hybridized carbons (Fsp3) is 0.300. The lowest BCUT2D eigenvalue weighted by Crippen LogP contribution is -2.25. The molecule has 0 radical (unpaired) electrons. The Balaban J connectivity index is 0.00000146. The predicted molar refractivity (Wildman–Crippen MR) is 148 cm³/mol. The van der Waals surface area contributed by atoms with Crippen molar-refractivity contribution in [3.05, 3.63) is 97.6 Å². The van der Waals surface area contributed by atoms with Crippen molar-refractivity contribution in [2.75, 3.05) is 26.4 Å². The van der Waals surface area contributed by atoms with Gasteiger partial charge in [-0.3, -0.25) is 0 Å². The van der Waals surface area contributed by atoms with E-state index in [4.69, 9.17) is 24.1 Å². The third-order valence-corrected chi connectivity index (χ3v) is 5.38. The number of aliphatic carboxylic acids is 1. The third kappa shape index (κ3) is 12.4. The molecule has 2 unspecified atom stereocenters. The van der Waals surface area contributed by atoms with Crippen molar-refractivity contribution in [3.63, 3.8) is 0 Å². The molecule has 0 bridgehead atoms. The molecule has 0 aliphatic carbocycles. The smallest absolute Gasteiger partial charge is 0.330 e. The van der Waals surface area contributed by atoms with Crippen LogP contribution in [0.15, 0.2) is 86.5 Å². The quantitative estimate of drug-likeness (QED) is 0.221. The predicted octanol–water partition coefficient (Wildman–Crippen LogP) is 3.21. The maximum Gasteiger partial charge on any atom is 0.330 e. The SMILES string of the molecule is C=CC(=O)O.C=CC(=O)OCC(O)COc1ccc(C(C)(C)c2ccc(OCC(O)COC(=O)C=C)cc2)cc1. The van der Waals surface area contributed by atoms with Crippen molar-refractivity contribution in [2.45, 2.75) is 31.5 Å². The fourth-order valence-electron chi connectivity index (χ4n) is 3.06. The van der Waals surface area contributed by atoms with Gasteiger partial charge in [0.15, 0.2) is 0 Å². The van der Waals surface area contributed by atoms with Crippen LogP contribution in [0.4, 0.5) is 0 Å². The molecule has 3 N–H and O–H groups in total. The molecule has 0 heterocycles. The normalized spacial score (nSPS) is 11.9. The molecule has 0 aliphatic heterocycles. The van der Waals surface area contributed by atoms with E-state index >= 15 is 0 Å². The van der Waals surface area contributed by atoms with Crippen molar-refractivity contribution >= 4 is 17.9 Å². The van der Waals surface area contributed by atoms with Crippen molar-refractivity contribution in [2.24, 2.45) is 0 Å². The van der Waals surface area contributed by atoms with E-state index in [1.807, 2.05) is 48.5 Å². The second-order valence-corrected chi connectivity index (χ2v) is 8.81. The first-order chi connectivity index (χ1) is 18.9. The first-order valence-corrected chi connectivity index (χ1v) is 12.2. The van der Waals surface area contributed by atoms with Gasteiger partial charge < -0.3 is 34.3 Å². The summed E-state index contributed by atoms with van der Waals surface area (Å²) >= 11 is 0. The van der Waals surface area contributed by atoms with Gasteiger partial charge in [-0.05, 0) is 35.4 Å². The highest BCUT2D eigenvalue weighted by molar-refractivity contribution is 5.81. The van der Waals surface area contributed by atoms with Gasteiger partial charge >= 0.3 is 17.9 Å². The molecule has 0 saturated heterocycles. The second kappa shape index (κ2) is 17.2. The van der Waals surface area contributed by atoms with Crippen LogP contribution in [-0.4, -0.2) is 71.9 Å². The van der Waals surface area contributed by atoms with Crippen LogP contribution in [0.1, 0.15) is 25.0 Å². The molecule has 2 atom stereocenters. The van der Waals surface area contributed by atoms with E-state index in [-0.39, 0.29) is 31.8 Å². The minimum Gasteiger partial charge on any atom is -0.491 e. The summed E-state index contributed by atoms with van der Waals surface area (Å²) in [6.07, 6.45) is 1.01. The Labute approximate surface area is 233 Å². The van der Waals surface area contributed by atoms with Crippen LogP contribution in [0.2, 0.25) is 0 Å². The van der Waals surface area contributed by atoms with Crippen LogP contribution in [0.3, 0.4) is 0 Å². The first-order valence-electron chi connectivity index (χ1n) is 12.2.